The van der Waals surface area contributed by atoms with E-state index in [2.05, 4.69) is 5.32 Å². The molecule has 4 heteroatoms. The van der Waals surface area contributed by atoms with Gasteiger partial charge in [0.2, 0.25) is 5.91 Å². The highest BCUT2D eigenvalue weighted by molar-refractivity contribution is 5.83. The second-order valence-corrected chi connectivity index (χ2v) is 5.41. The Morgan fingerprint density at radius 3 is 1.95 bits per heavy atom. The predicted molar refractivity (Wildman–Crippen MR) is 87.3 cm³/mol. The summed E-state index contributed by atoms with van der Waals surface area (Å²) in [5, 5.41) is 3.07. The van der Waals surface area contributed by atoms with Crippen molar-refractivity contribution >= 4 is 5.91 Å². The normalized spacial score (nSPS) is 12.7. The molecule has 2 aromatic rings. The molecule has 0 bridgehead atoms. The van der Waals surface area contributed by atoms with E-state index in [9.17, 15) is 4.79 Å². The first-order valence-electron chi connectivity index (χ1n) is 7.25. The molecule has 1 unspecified atom stereocenters. The molecular formula is C18H22N2O2. The molecule has 0 spiro atoms. The molecule has 0 aliphatic heterocycles. The smallest absolute Gasteiger partial charge is 0.240 e. The van der Waals surface area contributed by atoms with Crippen molar-refractivity contribution in [3.63, 3.8) is 0 Å². The molecule has 0 aliphatic rings. The predicted octanol–water partition coefficient (Wildman–Crippen LogP) is 2.04. The number of benzene rings is 2. The van der Waals surface area contributed by atoms with Gasteiger partial charge in [0.05, 0.1) is 12.1 Å². The Morgan fingerprint density at radius 1 is 1.09 bits per heavy atom. The summed E-state index contributed by atoms with van der Waals surface area (Å²) < 4.78 is 4.96. The van der Waals surface area contributed by atoms with Gasteiger partial charge in [-0.15, -0.1) is 0 Å². The van der Waals surface area contributed by atoms with Crippen molar-refractivity contribution in [2.45, 2.75) is 18.5 Å². The highest BCUT2D eigenvalue weighted by Gasteiger charge is 2.32. The van der Waals surface area contributed by atoms with Crippen LogP contribution < -0.4 is 11.1 Å². The monoisotopic (exact) mass is 298 g/mol. The highest BCUT2D eigenvalue weighted by Crippen LogP contribution is 2.29. The van der Waals surface area contributed by atoms with Gasteiger partial charge >= 0.3 is 0 Å². The molecule has 1 atom stereocenters. The van der Waals surface area contributed by atoms with Crippen LogP contribution >= 0.6 is 0 Å². The highest BCUT2D eigenvalue weighted by atomic mass is 16.5. The van der Waals surface area contributed by atoms with Crippen LogP contribution in [0.3, 0.4) is 0 Å². The summed E-state index contributed by atoms with van der Waals surface area (Å²) in [6, 6.07) is 19.0. The van der Waals surface area contributed by atoms with Gasteiger partial charge in [0.1, 0.15) is 6.04 Å². The van der Waals surface area contributed by atoms with Crippen molar-refractivity contribution < 1.29 is 9.53 Å². The SMILES string of the molecule is COCC(N)C(=O)NC(C)(c1ccccc1)c1ccccc1. The van der Waals surface area contributed by atoms with E-state index in [1.165, 1.54) is 7.11 Å². The maximum atomic E-state index is 12.4. The number of nitrogens with two attached hydrogens (primary N) is 1. The summed E-state index contributed by atoms with van der Waals surface area (Å²) in [6.45, 7) is 2.17. The quantitative estimate of drug-likeness (QED) is 0.858. The fourth-order valence-corrected chi connectivity index (χ4v) is 2.45. The molecule has 3 N–H and O–H groups in total. The van der Waals surface area contributed by atoms with Gasteiger partial charge in [-0.3, -0.25) is 4.79 Å². The van der Waals surface area contributed by atoms with E-state index in [0.717, 1.165) is 11.1 Å². The number of nitrogens with one attached hydrogen (secondary N) is 1. The molecule has 1 amide bonds. The van der Waals surface area contributed by atoms with Crippen molar-refractivity contribution in [3.8, 4) is 0 Å². The van der Waals surface area contributed by atoms with Crippen molar-refractivity contribution in [2.24, 2.45) is 5.73 Å². The van der Waals surface area contributed by atoms with Crippen molar-refractivity contribution in [3.05, 3.63) is 71.8 Å². The Labute approximate surface area is 131 Å². The average molecular weight is 298 g/mol. The summed E-state index contributed by atoms with van der Waals surface area (Å²) in [4.78, 5) is 12.4. The zero-order chi connectivity index (χ0) is 16.0. The van der Waals surface area contributed by atoms with Gasteiger partial charge in [0.25, 0.3) is 0 Å². The maximum Gasteiger partial charge on any atom is 0.240 e. The lowest BCUT2D eigenvalue weighted by Gasteiger charge is -2.33. The van der Waals surface area contributed by atoms with Crippen LogP contribution in [-0.4, -0.2) is 25.7 Å². The Balaban J connectivity index is 2.37. The van der Waals surface area contributed by atoms with E-state index in [4.69, 9.17) is 10.5 Å². The van der Waals surface area contributed by atoms with E-state index >= 15 is 0 Å². The lowest BCUT2D eigenvalue weighted by molar-refractivity contribution is -0.124. The van der Waals surface area contributed by atoms with Crippen LogP contribution in [0.1, 0.15) is 18.1 Å². The van der Waals surface area contributed by atoms with Crippen molar-refractivity contribution in [1.29, 1.82) is 0 Å². The first-order valence-corrected chi connectivity index (χ1v) is 7.25. The summed E-state index contributed by atoms with van der Waals surface area (Å²) >= 11 is 0. The second-order valence-electron chi connectivity index (χ2n) is 5.41. The van der Waals surface area contributed by atoms with Crippen LogP contribution in [0, 0.1) is 0 Å². The molecule has 116 valence electrons. The minimum atomic E-state index is -0.697. The van der Waals surface area contributed by atoms with Crippen LogP contribution in [0.2, 0.25) is 0 Å². The third-order valence-electron chi connectivity index (χ3n) is 3.76. The molecule has 2 aromatic carbocycles. The van der Waals surface area contributed by atoms with Gasteiger partial charge in [0.15, 0.2) is 0 Å². The fraction of sp³-hybridized carbons (Fsp3) is 0.278. The zero-order valence-electron chi connectivity index (χ0n) is 13.0. The first-order chi connectivity index (χ1) is 10.6. The van der Waals surface area contributed by atoms with Crippen molar-refractivity contribution in [1.82, 2.24) is 5.32 Å². The van der Waals surface area contributed by atoms with Gasteiger partial charge in [-0.1, -0.05) is 60.7 Å². The van der Waals surface area contributed by atoms with Gasteiger partial charge in [0, 0.05) is 7.11 Å². The summed E-state index contributed by atoms with van der Waals surface area (Å²) in [5.74, 6) is -0.239. The van der Waals surface area contributed by atoms with E-state index < -0.39 is 11.6 Å². The minimum Gasteiger partial charge on any atom is -0.383 e. The van der Waals surface area contributed by atoms with Crippen LogP contribution in [0.15, 0.2) is 60.7 Å². The number of carbonyl (C=O) groups is 1. The fourth-order valence-electron chi connectivity index (χ4n) is 2.45. The summed E-state index contributed by atoms with van der Waals surface area (Å²) in [7, 11) is 1.53. The van der Waals surface area contributed by atoms with E-state index in [1.807, 2.05) is 67.6 Å². The minimum absolute atomic E-state index is 0.186. The van der Waals surface area contributed by atoms with E-state index in [1.54, 1.807) is 0 Å². The molecular weight excluding hydrogens is 276 g/mol. The topological polar surface area (TPSA) is 64.3 Å². The molecule has 0 aliphatic carbocycles. The van der Waals surface area contributed by atoms with Gasteiger partial charge in [-0.05, 0) is 18.1 Å². The van der Waals surface area contributed by atoms with Gasteiger partial charge in [-0.2, -0.15) is 0 Å². The zero-order valence-corrected chi connectivity index (χ0v) is 13.0. The summed E-state index contributed by atoms with van der Waals surface area (Å²) in [6.07, 6.45) is 0. The lowest BCUT2D eigenvalue weighted by Crippen LogP contribution is -2.52. The Hall–Kier alpha value is -2.17. The number of carbonyl (C=O) groups excluding carboxylic acids is 1. The molecule has 2 rings (SSSR count). The van der Waals surface area contributed by atoms with Crippen LogP contribution in [0.5, 0.6) is 0 Å². The lowest BCUT2D eigenvalue weighted by atomic mass is 9.84. The molecule has 0 aromatic heterocycles. The Kier molecular flexibility index (Phi) is 5.31. The van der Waals surface area contributed by atoms with Crippen LogP contribution in [0.25, 0.3) is 0 Å². The average Bonchev–Trinajstić information content (AvgIpc) is 2.56. The molecule has 4 nitrogen and oxygen atoms in total. The van der Waals surface area contributed by atoms with Gasteiger partial charge in [-0.25, -0.2) is 0 Å². The molecule has 0 saturated heterocycles. The molecule has 0 fully saturated rings. The number of amides is 1. The number of hydrogen-bond donors (Lipinski definition) is 2. The van der Waals surface area contributed by atoms with E-state index in [0.29, 0.717) is 0 Å². The summed E-state index contributed by atoms with van der Waals surface area (Å²) in [5.41, 5.74) is 7.20. The third kappa shape index (κ3) is 3.53. The number of ether oxygens (including phenoxy) is 1. The standard InChI is InChI=1S/C18H22N2O2/c1-18(14-9-5-3-6-10-14,15-11-7-4-8-12-15)20-17(21)16(19)13-22-2/h3-12,16H,13,19H2,1-2H3,(H,20,21). The largest absolute Gasteiger partial charge is 0.383 e. The Bertz CT molecular complexity index is 559. The number of methoxy groups -OCH3 is 1. The third-order valence-corrected chi connectivity index (χ3v) is 3.76. The molecule has 22 heavy (non-hydrogen) atoms. The van der Waals surface area contributed by atoms with Crippen LogP contribution in [-0.2, 0) is 15.1 Å². The first kappa shape index (κ1) is 16.2. The number of hydrogen-bond acceptors (Lipinski definition) is 3. The Morgan fingerprint density at radius 2 is 1.55 bits per heavy atom. The number of rotatable bonds is 6. The molecule has 0 radical (unpaired) electrons. The molecule has 0 saturated carbocycles. The maximum absolute atomic E-state index is 12.4. The second kappa shape index (κ2) is 7.20. The van der Waals surface area contributed by atoms with E-state index in [-0.39, 0.29) is 12.5 Å². The van der Waals surface area contributed by atoms with Crippen molar-refractivity contribution in [2.75, 3.05) is 13.7 Å². The van der Waals surface area contributed by atoms with Gasteiger partial charge < -0.3 is 15.8 Å². The van der Waals surface area contributed by atoms with Crippen LogP contribution in [0.4, 0.5) is 0 Å². The molecule has 0 heterocycles.